The van der Waals surface area contributed by atoms with E-state index in [0.717, 1.165) is 0 Å². The van der Waals surface area contributed by atoms with Crippen molar-refractivity contribution in [1.82, 2.24) is 9.78 Å². The molecule has 0 aliphatic rings. The number of nitro benzene ring substituents is 1. The largest absolute Gasteiger partial charge is 0.306 e. The first-order valence-corrected chi connectivity index (χ1v) is 7.83. The number of nitrogens with zero attached hydrogens (tertiary/aromatic N) is 4. The minimum absolute atomic E-state index is 0.0550. The molecule has 7 nitrogen and oxygen atoms in total. The van der Waals surface area contributed by atoms with Crippen molar-refractivity contribution in [3.8, 4) is 0 Å². The number of carbonyl (C=O) groups is 1. The summed E-state index contributed by atoms with van der Waals surface area (Å²) in [4.78, 5) is 25.3. The van der Waals surface area contributed by atoms with E-state index in [1.165, 1.54) is 22.7 Å². The second-order valence-corrected chi connectivity index (χ2v) is 5.41. The molecule has 0 radical (unpaired) electrons. The summed E-state index contributed by atoms with van der Waals surface area (Å²) in [7, 11) is 1.76. The summed E-state index contributed by atoms with van der Waals surface area (Å²) in [6.45, 7) is 2.29. The number of thioether (sulfide) groups is 1. The van der Waals surface area contributed by atoms with Crippen LogP contribution in [0, 0.1) is 10.1 Å². The van der Waals surface area contributed by atoms with Crippen molar-refractivity contribution in [3.63, 3.8) is 0 Å². The Balaban J connectivity index is 2.39. The topological polar surface area (TPSA) is 81.3 Å². The molecule has 1 amide bonds. The highest BCUT2D eigenvalue weighted by Crippen LogP contribution is 2.29. The molecule has 0 spiro atoms. The summed E-state index contributed by atoms with van der Waals surface area (Å²) < 4.78 is 1.60. The van der Waals surface area contributed by atoms with Crippen LogP contribution in [0.15, 0.2) is 35.5 Å². The van der Waals surface area contributed by atoms with E-state index in [9.17, 15) is 14.9 Å². The van der Waals surface area contributed by atoms with E-state index in [-0.39, 0.29) is 17.2 Å². The summed E-state index contributed by atoms with van der Waals surface area (Å²) in [6, 6.07) is 4.54. The Hall–Kier alpha value is -2.35. The lowest BCUT2D eigenvalue weighted by Gasteiger charge is -2.19. The van der Waals surface area contributed by atoms with Crippen LogP contribution in [-0.4, -0.2) is 33.4 Å². The zero-order valence-corrected chi connectivity index (χ0v) is 13.3. The van der Waals surface area contributed by atoms with Gasteiger partial charge in [-0.3, -0.25) is 19.6 Å². The fraction of sp³-hybridized carbons (Fsp3) is 0.286. The van der Waals surface area contributed by atoms with Crippen molar-refractivity contribution in [2.75, 3.05) is 17.7 Å². The molecule has 1 heterocycles. The van der Waals surface area contributed by atoms with Gasteiger partial charge < -0.3 is 4.90 Å². The molecule has 0 aliphatic carbocycles. The van der Waals surface area contributed by atoms with E-state index in [2.05, 4.69) is 5.10 Å². The van der Waals surface area contributed by atoms with Gasteiger partial charge in [0.05, 0.1) is 21.7 Å². The third kappa shape index (κ3) is 3.11. The summed E-state index contributed by atoms with van der Waals surface area (Å²) in [5.41, 5.74) is 0.891. The predicted octanol–water partition coefficient (Wildman–Crippen LogP) is 2.72. The van der Waals surface area contributed by atoms with Gasteiger partial charge in [-0.2, -0.15) is 5.10 Å². The number of anilines is 1. The van der Waals surface area contributed by atoms with Gasteiger partial charge in [0.1, 0.15) is 0 Å². The number of aromatic nitrogens is 2. The van der Waals surface area contributed by atoms with Crippen molar-refractivity contribution < 1.29 is 9.72 Å². The molecule has 1 aromatic carbocycles. The van der Waals surface area contributed by atoms with E-state index >= 15 is 0 Å². The van der Waals surface area contributed by atoms with E-state index in [4.69, 9.17) is 0 Å². The quantitative estimate of drug-likeness (QED) is 0.480. The van der Waals surface area contributed by atoms with Gasteiger partial charge in [0.25, 0.3) is 11.6 Å². The Kier molecular flexibility index (Phi) is 4.81. The third-order valence-electron chi connectivity index (χ3n) is 3.19. The number of hydrogen-bond acceptors (Lipinski definition) is 5. The van der Waals surface area contributed by atoms with E-state index in [1.54, 1.807) is 42.5 Å². The fourth-order valence-electron chi connectivity index (χ4n) is 2.11. The summed E-state index contributed by atoms with van der Waals surface area (Å²) in [6.07, 6.45) is 5.08. The van der Waals surface area contributed by atoms with E-state index < -0.39 is 4.92 Å². The minimum atomic E-state index is -0.469. The molecule has 0 fully saturated rings. The first-order chi connectivity index (χ1) is 10.5. The lowest BCUT2D eigenvalue weighted by Crippen LogP contribution is -2.30. The molecule has 116 valence electrons. The van der Waals surface area contributed by atoms with Crippen LogP contribution in [0.2, 0.25) is 0 Å². The molecule has 0 unspecified atom stereocenters. The van der Waals surface area contributed by atoms with Crippen LogP contribution in [0.1, 0.15) is 17.3 Å². The zero-order chi connectivity index (χ0) is 16.3. The van der Waals surface area contributed by atoms with Crippen LogP contribution in [0.3, 0.4) is 0 Å². The highest BCUT2D eigenvalue weighted by atomic mass is 32.2. The summed E-state index contributed by atoms with van der Waals surface area (Å²) in [5.74, 6) is -0.286. The monoisotopic (exact) mass is 320 g/mol. The SMILES string of the molecule is CCN(C(=O)c1ccc(SC)c([N+](=O)[O-])c1)c1cnn(C)c1. The average molecular weight is 320 g/mol. The third-order valence-corrected chi connectivity index (χ3v) is 3.97. The molecule has 0 atom stereocenters. The fourth-order valence-corrected chi connectivity index (χ4v) is 2.66. The molecule has 0 N–H and O–H groups in total. The Morgan fingerprint density at radius 1 is 1.50 bits per heavy atom. The minimum Gasteiger partial charge on any atom is -0.306 e. The molecule has 0 saturated heterocycles. The summed E-state index contributed by atoms with van der Waals surface area (Å²) in [5, 5.41) is 15.2. The van der Waals surface area contributed by atoms with Crippen LogP contribution < -0.4 is 4.90 Å². The van der Waals surface area contributed by atoms with Gasteiger partial charge in [-0.15, -0.1) is 11.8 Å². The molecular weight excluding hydrogens is 304 g/mol. The van der Waals surface area contributed by atoms with Gasteiger partial charge in [-0.25, -0.2) is 0 Å². The smallest absolute Gasteiger partial charge is 0.283 e. The lowest BCUT2D eigenvalue weighted by molar-refractivity contribution is -0.387. The van der Waals surface area contributed by atoms with Crippen molar-refractivity contribution in [2.24, 2.45) is 7.05 Å². The summed E-state index contributed by atoms with van der Waals surface area (Å²) >= 11 is 1.28. The molecule has 0 saturated carbocycles. The molecule has 8 heteroatoms. The number of amides is 1. The van der Waals surface area contributed by atoms with Gasteiger partial charge >= 0.3 is 0 Å². The predicted molar refractivity (Wildman–Crippen MR) is 85.4 cm³/mol. The van der Waals surface area contributed by atoms with Crippen LogP contribution >= 0.6 is 11.8 Å². The van der Waals surface area contributed by atoms with Crippen LogP contribution in [0.25, 0.3) is 0 Å². The number of aryl methyl sites for hydroxylation is 1. The molecule has 1 aromatic heterocycles. The number of benzene rings is 1. The average Bonchev–Trinajstić information content (AvgIpc) is 2.93. The highest BCUT2D eigenvalue weighted by molar-refractivity contribution is 7.98. The second-order valence-electron chi connectivity index (χ2n) is 4.57. The Bertz CT molecular complexity index is 714. The van der Waals surface area contributed by atoms with Gasteiger partial charge in [0.2, 0.25) is 0 Å². The van der Waals surface area contributed by atoms with Crippen molar-refractivity contribution >= 4 is 29.0 Å². The van der Waals surface area contributed by atoms with Crippen LogP contribution in [0.5, 0.6) is 0 Å². The molecular formula is C14H16N4O3S. The maximum absolute atomic E-state index is 12.6. The number of carbonyl (C=O) groups excluding carboxylic acids is 1. The Morgan fingerprint density at radius 3 is 2.73 bits per heavy atom. The zero-order valence-electron chi connectivity index (χ0n) is 12.5. The Labute approximate surface area is 132 Å². The van der Waals surface area contributed by atoms with Gasteiger partial charge in [-0.1, -0.05) is 0 Å². The maximum atomic E-state index is 12.6. The standard InChI is InChI=1S/C14H16N4O3S/c1-4-17(11-8-15-16(2)9-11)14(19)10-5-6-13(22-3)12(7-10)18(20)21/h5-9H,4H2,1-3H3. The van der Waals surface area contributed by atoms with Gasteiger partial charge in [-0.05, 0) is 25.3 Å². The molecule has 2 rings (SSSR count). The second kappa shape index (κ2) is 6.61. The first-order valence-electron chi connectivity index (χ1n) is 6.60. The van der Waals surface area contributed by atoms with E-state index in [1.807, 2.05) is 6.92 Å². The molecule has 22 heavy (non-hydrogen) atoms. The maximum Gasteiger partial charge on any atom is 0.283 e. The Morgan fingerprint density at radius 2 is 2.23 bits per heavy atom. The molecule has 0 bridgehead atoms. The van der Waals surface area contributed by atoms with E-state index in [0.29, 0.717) is 17.1 Å². The number of nitro groups is 1. The van der Waals surface area contributed by atoms with Crippen LogP contribution in [-0.2, 0) is 7.05 Å². The van der Waals surface area contributed by atoms with Crippen molar-refractivity contribution in [2.45, 2.75) is 11.8 Å². The molecule has 0 aliphatic heterocycles. The first kappa shape index (κ1) is 16.0. The van der Waals surface area contributed by atoms with Crippen molar-refractivity contribution in [3.05, 3.63) is 46.3 Å². The highest BCUT2D eigenvalue weighted by Gasteiger charge is 2.21. The number of rotatable bonds is 5. The molecule has 2 aromatic rings. The number of hydrogen-bond donors (Lipinski definition) is 0. The van der Waals surface area contributed by atoms with Gasteiger partial charge in [0.15, 0.2) is 0 Å². The van der Waals surface area contributed by atoms with Crippen molar-refractivity contribution in [1.29, 1.82) is 0 Å². The lowest BCUT2D eigenvalue weighted by atomic mass is 10.1. The van der Waals surface area contributed by atoms with Crippen LogP contribution in [0.4, 0.5) is 11.4 Å². The van der Waals surface area contributed by atoms with Gasteiger partial charge in [0, 0.05) is 31.4 Å². The normalized spacial score (nSPS) is 10.5.